The minimum atomic E-state index is 0.0709. The summed E-state index contributed by atoms with van der Waals surface area (Å²) in [6.07, 6.45) is 5.29. The molecular weight excluding hydrogens is 342 g/mol. The van der Waals surface area contributed by atoms with E-state index in [1.165, 1.54) is 0 Å². The third-order valence-electron chi connectivity index (χ3n) is 4.80. The van der Waals surface area contributed by atoms with E-state index in [1.807, 2.05) is 24.0 Å². The summed E-state index contributed by atoms with van der Waals surface area (Å²) in [6.45, 7) is 8.32. The van der Waals surface area contributed by atoms with Crippen LogP contribution in [0.1, 0.15) is 38.4 Å². The summed E-state index contributed by atoms with van der Waals surface area (Å²) < 4.78 is 5.75. The molecule has 7 nitrogen and oxygen atoms in total. The number of nitrogens with zero attached hydrogens (tertiary/aromatic N) is 4. The molecule has 1 aliphatic heterocycles. The van der Waals surface area contributed by atoms with Crippen LogP contribution in [0.15, 0.2) is 24.5 Å². The lowest BCUT2D eigenvalue weighted by molar-refractivity contribution is -0.129. The average molecular weight is 369 g/mol. The predicted octanol–water partition coefficient (Wildman–Crippen LogP) is 2.67. The van der Waals surface area contributed by atoms with Gasteiger partial charge in [-0.25, -0.2) is 9.97 Å². The van der Waals surface area contributed by atoms with Crippen LogP contribution in [0.3, 0.4) is 0 Å². The van der Waals surface area contributed by atoms with E-state index in [1.54, 1.807) is 19.3 Å². The van der Waals surface area contributed by atoms with Crippen LogP contribution in [0, 0.1) is 0 Å². The molecule has 0 unspecified atom stereocenters. The molecule has 0 aromatic carbocycles. The second-order valence-electron chi connectivity index (χ2n) is 6.61. The fourth-order valence-electron chi connectivity index (χ4n) is 3.24. The van der Waals surface area contributed by atoms with Crippen molar-refractivity contribution in [3.63, 3.8) is 0 Å². The van der Waals surface area contributed by atoms with E-state index in [0.717, 1.165) is 35.5 Å². The number of hydrogen-bond acceptors (Lipinski definition) is 6. The highest BCUT2D eigenvalue weighted by Crippen LogP contribution is 2.27. The lowest BCUT2D eigenvalue weighted by Gasteiger charge is -2.29. The highest BCUT2D eigenvalue weighted by Gasteiger charge is 2.24. The molecule has 0 saturated carbocycles. The maximum Gasteiger partial charge on any atom is 0.219 e. The fraction of sp³-hybridized carbons (Fsp3) is 0.500. The molecule has 144 valence electrons. The van der Waals surface area contributed by atoms with Gasteiger partial charge in [-0.3, -0.25) is 9.78 Å². The van der Waals surface area contributed by atoms with Crippen molar-refractivity contribution in [2.24, 2.45) is 0 Å². The third-order valence-corrected chi connectivity index (χ3v) is 4.80. The second-order valence-corrected chi connectivity index (χ2v) is 6.61. The molecule has 0 aliphatic carbocycles. The number of rotatable bonds is 7. The zero-order valence-corrected chi connectivity index (χ0v) is 16.2. The zero-order chi connectivity index (χ0) is 19.2. The maximum atomic E-state index is 11.8. The Labute approximate surface area is 160 Å². The number of amides is 1. The summed E-state index contributed by atoms with van der Waals surface area (Å²) >= 11 is 0. The Kier molecular flexibility index (Phi) is 6.34. The molecule has 1 amide bonds. The summed E-state index contributed by atoms with van der Waals surface area (Å²) in [5.74, 6) is 1.56. The van der Waals surface area contributed by atoms with E-state index in [-0.39, 0.29) is 12.0 Å². The maximum absolute atomic E-state index is 11.8. The molecule has 1 aliphatic rings. The number of hydrogen-bond donors (Lipinski definition) is 1. The van der Waals surface area contributed by atoms with Gasteiger partial charge in [0, 0.05) is 50.1 Å². The molecule has 2 aromatic rings. The van der Waals surface area contributed by atoms with E-state index in [9.17, 15) is 4.79 Å². The number of nitrogens with one attached hydrogen (secondary N) is 1. The van der Waals surface area contributed by atoms with Gasteiger partial charge in [-0.1, -0.05) is 6.92 Å². The van der Waals surface area contributed by atoms with Crippen molar-refractivity contribution < 1.29 is 9.53 Å². The Bertz CT molecular complexity index is 781. The van der Waals surface area contributed by atoms with Crippen molar-refractivity contribution >= 4 is 11.7 Å². The first-order chi connectivity index (χ1) is 13.1. The average Bonchev–Trinajstić information content (AvgIpc) is 2.70. The Balaban J connectivity index is 1.93. The van der Waals surface area contributed by atoms with Gasteiger partial charge in [-0.2, -0.15) is 0 Å². The number of fused-ring (bicyclic) bond motifs is 1. The van der Waals surface area contributed by atoms with Crippen LogP contribution in [0.5, 0.6) is 0 Å². The lowest BCUT2D eigenvalue weighted by atomic mass is 10.0. The number of carbonyl (C=O) groups is 1. The van der Waals surface area contributed by atoms with Gasteiger partial charge in [0.05, 0.1) is 18.3 Å². The summed E-state index contributed by atoms with van der Waals surface area (Å²) in [5.41, 5.74) is 2.91. The first-order valence-electron chi connectivity index (χ1n) is 9.53. The SMILES string of the molecule is CCO[C@@H](CC)CNc1nc(-c2ccncc2)nc2c1CCN(C(C)=O)C2. The molecule has 2 aromatic heterocycles. The monoisotopic (exact) mass is 369 g/mol. The number of anilines is 1. The van der Waals surface area contributed by atoms with Crippen LogP contribution in [0.4, 0.5) is 5.82 Å². The summed E-state index contributed by atoms with van der Waals surface area (Å²) in [7, 11) is 0. The minimum absolute atomic E-state index is 0.0709. The Hall–Kier alpha value is -2.54. The Morgan fingerprint density at radius 2 is 2.07 bits per heavy atom. The first-order valence-corrected chi connectivity index (χ1v) is 9.53. The second kappa shape index (κ2) is 8.90. The van der Waals surface area contributed by atoms with Crippen molar-refractivity contribution in [3.8, 4) is 11.4 Å². The Morgan fingerprint density at radius 1 is 1.30 bits per heavy atom. The molecule has 3 heterocycles. The smallest absolute Gasteiger partial charge is 0.219 e. The molecule has 0 fully saturated rings. The normalized spacial score (nSPS) is 14.6. The van der Waals surface area contributed by atoms with Crippen molar-refractivity contribution in [1.82, 2.24) is 19.9 Å². The van der Waals surface area contributed by atoms with Crippen molar-refractivity contribution in [3.05, 3.63) is 35.8 Å². The number of carbonyl (C=O) groups excluding carboxylic acids is 1. The van der Waals surface area contributed by atoms with Crippen LogP contribution in [-0.4, -0.2) is 51.6 Å². The van der Waals surface area contributed by atoms with Gasteiger partial charge in [0.2, 0.25) is 5.91 Å². The van der Waals surface area contributed by atoms with Crippen LogP contribution >= 0.6 is 0 Å². The van der Waals surface area contributed by atoms with Gasteiger partial charge in [-0.15, -0.1) is 0 Å². The van der Waals surface area contributed by atoms with Gasteiger partial charge in [0.15, 0.2) is 5.82 Å². The van der Waals surface area contributed by atoms with E-state index < -0.39 is 0 Å². The molecule has 7 heteroatoms. The summed E-state index contributed by atoms with van der Waals surface area (Å²) in [4.78, 5) is 27.2. The molecule has 0 bridgehead atoms. The molecule has 1 N–H and O–H groups in total. The number of aromatic nitrogens is 3. The largest absolute Gasteiger partial charge is 0.377 e. The van der Waals surface area contributed by atoms with Crippen molar-refractivity contribution in [1.29, 1.82) is 0 Å². The topological polar surface area (TPSA) is 80.2 Å². The van der Waals surface area contributed by atoms with E-state index in [0.29, 0.717) is 32.1 Å². The van der Waals surface area contributed by atoms with Crippen molar-refractivity contribution in [2.75, 3.05) is 25.0 Å². The summed E-state index contributed by atoms with van der Waals surface area (Å²) in [6, 6.07) is 3.79. The summed E-state index contributed by atoms with van der Waals surface area (Å²) in [5, 5.41) is 3.47. The fourth-order valence-corrected chi connectivity index (χ4v) is 3.24. The van der Waals surface area contributed by atoms with Crippen LogP contribution < -0.4 is 5.32 Å². The van der Waals surface area contributed by atoms with Crippen LogP contribution in [-0.2, 0) is 22.5 Å². The Morgan fingerprint density at radius 3 is 2.74 bits per heavy atom. The molecule has 1 atom stereocenters. The molecular formula is C20H27N5O2. The van der Waals surface area contributed by atoms with Gasteiger partial charge in [-0.05, 0) is 31.9 Å². The molecule has 0 saturated heterocycles. The van der Waals surface area contributed by atoms with E-state index in [4.69, 9.17) is 14.7 Å². The van der Waals surface area contributed by atoms with E-state index >= 15 is 0 Å². The highest BCUT2D eigenvalue weighted by atomic mass is 16.5. The number of pyridine rings is 1. The standard InChI is InChI=1S/C20H27N5O2/c1-4-16(27-5-2)12-22-20-17-8-11-25(14(3)26)13-18(17)23-19(24-20)15-6-9-21-10-7-15/h6-7,9-10,16H,4-5,8,11-13H2,1-3H3,(H,22,23,24)/t16-/m0/s1. The first kappa shape index (κ1) is 19.2. The predicted molar refractivity (Wildman–Crippen MR) is 104 cm³/mol. The molecule has 0 radical (unpaired) electrons. The van der Waals surface area contributed by atoms with Crippen LogP contribution in [0.2, 0.25) is 0 Å². The van der Waals surface area contributed by atoms with Gasteiger partial charge >= 0.3 is 0 Å². The molecule has 3 rings (SSSR count). The van der Waals surface area contributed by atoms with Crippen LogP contribution in [0.25, 0.3) is 11.4 Å². The highest BCUT2D eigenvalue weighted by molar-refractivity contribution is 5.74. The zero-order valence-electron chi connectivity index (χ0n) is 16.2. The quantitative estimate of drug-likeness (QED) is 0.808. The van der Waals surface area contributed by atoms with Gasteiger partial charge in [0.25, 0.3) is 0 Å². The van der Waals surface area contributed by atoms with Crippen molar-refractivity contribution in [2.45, 2.75) is 46.3 Å². The molecule has 0 spiro atoms. The van der Waals surface area contributed by atoms with Gasteiger partial charge < -0.3 is 15.0 Å². The van der Waals surface area contributed by atoms with Gasteiger partial charge in [0.1, 0.15) is 5.82 Å². The minimum Gasteiger partial charge on any atom is -0.377 e. The lowest BCUT2D eigenvalue weighted by Crippen LogP contribution is -2.35. The third kappa shape index (κ3) is 4.60. The molecule has 27 heavy (non-hydrogen) atoms. The number of ether oxygens (including phenoxy) is 1. The van der Waals surface area contributed by atoms with E-state index in [2.05, 4.69) is 17.2 Å².